The summed E-state index contributed by atoms with van der Waals surface area (Å²) in [5, 5.41) is 10.8. The molecule has 2 unspecified atom stereocenters. The van der Waals surface area contributed by atoms with E-state index in [1.54, 1.807) is 7.05 Å². The minimum absolute atomic E-state index is 0.104. The normalized spacial score (nSPS) is 24.1. The molecule has 0 spiro atoms. The number of rotatable bonds is 2. The monoisotopic (exact) mass is 276 g/mol. The van der Waals surface area contributed by atoms with Crippen molar-refractivity contribution in [2.24, 2.45) is 7.05 Å². The Kier molecular flexibility index (Phi) is 3.35. The first kappa shape index (κ1) is 11.0. The average Bonchev–Trinajstić information content (AvgIpc) is 2.59. The molecule has 84 valence electrons. The Morgan fingerprint density at radius 1 is 1.60 bits per heavy atom. The quantitative estimate of drug-likeness (QED) is 0.895. The number of hydrogen-bond donors (Lipinski definition) is 1. The first-order valence-corrected chi connectivity index (χ1v) is 5.92. The van der Waals surface area contributed by atoms with Gasteiger partial charge < -0.3 is 5.32 Å². The second kappa shape index (κ2) is 4.57. The van der Waals surface area contributed by atoms with Crippen molar-refractivity contribution < 1.29 is 4.39 Å². The highest BCUT2D eigenvalue weighted by Gasteiger charge is 2.29. The number of piperidine rings is 1. The van der Waals surface area contributed by atoms with Crippen molar-refractivity contribution >= 4 is 15.9 Å². The highest BCUT2D eigenvalue weighted by atomic mass is 79.9. The molecule has 1 N–H and O–H groups in total. The summed E-state index contributed by atoms with van der Waals surface area (Å²) in [6.07, 6.45) is 2.05. The number of nitrogens with zero attached hydrogens (tertiary/aromatic N) is 3. The first-order chi connectivity index (χ1) is 7.20. The fourth-order valence-electron chi connectivity index (χ4n) is 1.95. The van der Waals surface area contributed by atoms with E-state index in [4.69, 9.17) is 0 Å². The van der Waals surface area contributed by atoms with E-state index in [0.717, 1.165) is 25.8 Å². The van der Waals surface area contributed by atoms with Crippen molar-refractivity contribution in [2.75, 3.05) is 6.54 Å². The molecule has 0 aliphatic carbocycles. The van der Waals surface area contributed by atoms with Crippen LogP contribution in [-0.2, 0) is 7.05 Å². The molecule has 2 atom stereocenters. The summed E-state index contributed by atoms with van der Waals surface area (Å²) in [5.74, 6) is 0. The van der Waals surface area contributed by atoms with Crippen LogP contribution in [0.15, 0.2) is 4.60 Å². The highest BCUT2D eigenvalue weighted by molar-refractivity contribution is 9.10. The van der Waals surface area contributed by atoms with Gasteiger partial charge in [0, 0.05) is 13.1 Å². The lowest BCUT2D eigenvalue weighted by atomic mass is 9.99. The molecular weight excluding hydrogens is 263 g/mol. The summed E-state index contributed by atoms with van der Waals surface area (Å²) in [6, 6.07) is -0.104. The van der Waals surface area contributed by atoms with E-state index in [2.05, 4.69) is 31.6 Å². The molecule has 6 heteroatoms. The summed E-state index contributed by atoms with van der Waals surface area (Å²) in [4.78, 5) is 0. The molecule has 1 aliphatic rings. The number of halogens is 2. The fraction of sp³-hybridized carbons (Fsp3) is 0.778. The number of alkyl halides is 1. The molecule has 15 heavy (non-hydrogen) atoms. The second-order valence-electron chi connectivity index (χ2n) is 3.85. The van der Waals surface area contributed by atoms with Crippen LogP contribution in [0.4, 0.5) is 4.39 Å². The minimum atomic E-state index is -1.04. The summed E-state index contributed by atoms with van der Waals surface area (Å²) in [6.45, 7) is 0.897. The Morgan fingerprint density at radius 2 is 2.40 bits per heavy atom. The molecule has 0 saturated carbocycles. The van der Waals surface area contributed by atoms with E-state index in [-0.39, 0.29) is 6.04 Å². The van der Waals surface area contributed by atoms with Crippen molar-refractivity contribution in [2.45, 2.75) is 31.5 Å². The topological polar surface area (TPSA) is 42.7 Å². The van der Waals surface area contributed by atoms with Crippen LogP contribution in [0.3, 0.4) is 0 Å². The third kappa shape index (κ3) is 2.20. The van der Waals surface area contributed by atoms with E-state index < -0.39 is 6.17 Å². The number of aryl methyl sites for hydroxylation is 1. The summed E-state index contributed by atoms with van der Waals surface area (Å²) < 4.78 is 16.2. The van der Waals surface area contributed by atoms with Crippen LogP contribution >= 0.6 is 15.9 Å². The van der Waals surface area contributed by atoms with Crippen LogP contribution in [0, 0.1) is 0 Å². The van der Waals surface area contributed by atoms with E-state index in [1.807, 2.05) is 0 Å². The van der Waals surface area contributed by atoms with E-state index in [0.29, 0.717) is 10.3 Å². The average molecular weight is 277 g/mol. The lowest BCUT2D eigenvalue weighted by molar-refractivity contribution is 0.210. The van der Waals surface area contributed by atoms with Crippen molar-refractivity contribution in [3.8, 4) is 0 Å². The van der Waals surface area contributed by atoms with E-state index in [9.17, 15) is 4.39 Å². The van der Waals surface area contributed by atoms with Gasteiger partial charge in [-0.3, -0.25) is 0 Å². The zero-order valence-corrected chi connectivity index (χ0v) is 10.2. The molecule has 1 saturated heterocycles. The fourth-order valence-corrected chi connectivity index (χ4v) is 2.50. The predicted octanol–water partition coefficient (Wildman–Crippen LogP) is 1.73. The van der Waals surface area contributed by atoms with Crippen LogP contribution in [-0.4, -0.2) is 27.6 Å². The maximum atomic E-state index is 14.2. The standard InChI is InChI=1S/C9H14BrFN4/c1-15-8(9(10)13-14-15)7(11)6-4-2-3-5-12-6/h6-7,12H,2-5H2,1H3. The Morgan fingerprint density at radius 3 is 2.93 bits per heavy atom. The van der Waals surface area contributed by atoms with Gasteiger partial charge in [0.05, 0.1) is 0 Å². The van der Waals surface area contributed by atoms with Crippen LogP contribution < -0.4 is 5.32 Å². The lowest BCUT2D eigenvalue weighted by Crippen LogP contribution is -2.38. The molecule has 4 nitrogen and oxygen atoms in total. The van der Waals surface area contributed by atoms with Gasteiger partial charge in [-0.2, -0.15) is 0 Å². The number of aromatic nitrogens is 3. The van der Waals surface area contributed by atoms with Gasteiger partial charge >= 0.3 is 0 Å². The van der Waals surface area contributed by atoms with Crippen molar-refractivity contribution in [3.63, 3.8) is 0 Å². The molecule has 1 aromatic rings. The predicted molar refractivity (Wildman–Crippen MR) is 58.2 cm³/mol. The van der Waals surface area contributed by atoms with Gasteiger partial charge in [-0.25, -0.2) is 9.07 Å². The highest BCUT2D eigenvalue weighted by Crippen LogP contribution is 2.29. The maximum absolute atomic E-state index is 14.2. The van der Waals surface area contributed by atoms with Crippen LogP contribution in [0.25, 0.3) is 0 Å². The van der Waals surface area contributed by atoms with Gasteiger partial charge in [-0.05, 0) is 35.3 Å². The number of hydrogen-bond acceptors (Lipinski definition) is 3. The smallest absolute Gasteiger partial charge is 0.160 e. The third-order valence-electron chi connectivity index (χ3n) is 2.79. The zero-order valence-electron chi connectivity index (χ0n) is 8.58. The maximum Gasteiger partial charge on any atom is 0.160 e. The summed E-state index contributed by atoms with van der Waals surface area (Å²) in [7, 11) is 1.71. The number of nitrogens with one attached hydrogen (secondary N) is 1. The van der Waals surface area contributed by atoms with Gasteiger partial charge in [0.1, 0.15) is 5.69 Å². The Labute approximate surface area is 96.4 Å². The summed E-state index contributed by atoms with van der Waals surface area (Å²) >= 11 is 3.22. The van der Waals surface area contributed by atoms with Gasteiger partial charge in [0.15, 0.2) is 10.8 Å². The van der Waals surface area contributed by atoms with Gasteiger partial charge in [-0.15, -0.1) is 5.10 Å². The Balaban J connectivity index is 2.15. The summed E-state index contributed by atoms with van der Waals surface area (Å²) in [5.41, 5.74) is 0.523. The van der Waals surface area contributed by atoms with E-state index in [1.165, 1.54) is 4.68 Å². The second-order valence-corrected chi connectivity index (χ2v) is 4.60. The molecule has 1 aliphatic heterocycles. The van der Waals surface area contributed by atoms with Crippen LogP contribution in [0.1, 0.15) is 31.1 Å². The van der Waals surface area contributed by atoms with Gasteiger partial charge in [0.25, 0.3) is 0 Å². The van der Waals surface area contributed by atoms with Gasteiger partial charge in [-0.1, -0.05) is 11.6 Å². The Bertz CT molecular complexity index is 315. The van der Waals surface area contributed by atoms with E-state index >= 15 is 0 Å². The van der Waals surface area contributed by atoms with Crippen LogP contribution in [0.5, 0.6) is 0 Å². The molecule has 0 aromatic carbocycles. The zero-order chi connectivity index (χ0) is 10.8. The minimum Gasteiger partial charge on any atom is -0.311 e. The molecule has 0 amide bonds. The third-order valence-corrected chi connectivity index (χ3v) is 3.35. The van der Waals surface area contributed by atoms with Crippen molar-refractivity contribution in [1.82, 2.24) is 20.3 Å². The molecule has 1 aromatic heterocycles. The van der Waals surface area contributed by atoms with Crippen molar-refractivity contribution in [3.05, 3.63) is 10.3 Å². The molecule has 2 rings (SSSR count). The Hall–Kier alpha value is -0.490. The van der Waals surface area contributed by atoms with Gasteiger partial charge in [0.2, 0.25) is 0 Å². The van der Waals surface area contributed by atoms with Crippen LogP contribution in [0.2, 0.25) is 0 Å². The largest absolute Gasteiger partial charge is 0.311 e. The molecule has 2 heterocycles. The molecule has 0 radical (unpaired) electrons. The van der Waals surface area contributed by atoms with Crippen molar-refractivity contribution in [1.29, 1.82) is 0 Å². The first-order valence-electron chi connectivity index (χ1n) is 5.12. The molecular formula is C9H14BrFN4. The lowest BCUT2D eigenvalue weighted by Gasteiger charge is -2.26. The molecule has 0 bridgehead atoms. The molecule has 1 fully saturated rings. The SMILES string of the molecule is Cn1nnc(Br)c1C(F)C1CCCCN1.